The van der Waals surface area contributed by atoms with Gasteiger partial charge in [0.1, 0.15) is 5.82 Å². The normalized spacial score (nSPS) is 14.4. The number of morpholine rings is 1. The lowest BCUT2D eigenvalue weighted by Gasteiger charge is -2.30. The second-order valence-corrected chi connectivity index (χ2v) is 6.59. The predicted octanol–water partition coefficient (Wildman–Crippen LogP) is 3.45. The van der Waals surface area contributed by atoms with Crippen LogP contribution in [-0.4, -0.2) is 39.3 Å². The van der Waals surface area contributed by atoms with Gasteiger partial charge in [-0.25, -0.2) is 4.39 Å². The Balaban J connectivity index is 0.00000280. The highest BCUT2D eigenvalue weighted by Crippen LogP contribution is 2.21. The molecule has 7 heteroatoms. The lowest BCUT2D eigenvalue weighted by atomic mass is 10.1. The molecule has 2 N–H and O–H groups in total. The Bertz CT molecular complexity index is 794. The summed E-state index contributed by atoms with van der Waals surface area (Å²) in [4.78, 5) is 6.65. The molecular formula is C21H28FIN4O. The average Bonchev–Trinajstić information content (AvgIpc) is 2.71. The van der Waals surface area contributed by atoms with E-state index in [-0.39, 0.29) is 29.8 Å². The van der Waals surface area contributed by atoms with Gasteiger partial charge in [-0.05, 0) is 35.7 Å². The van der Waals surface area contributed by atoms with E-state index in [9.17, 15) is 4.39 Å². The molecule has 0 bridgehead atoms. The fraction of sp³-hybridized carbons (Fsp3) is 0.381. The third-order valence-corrected chi connectivity index (χ3v) is 4.70. The molecule has 28 heavy (non-hydrogen) atoms. The number of ether oxygens (including phenoxy) is 1. The van der Waals surface area contributed by atoms with E-state index in [4.69, 9.17) is 4.74 Å². The van der Waals surface area contributed by atoms with Crippen molar-refractivity contribution in [2.45, 2.75) is 20.0 Å². The summed E-state index contributed by atoms with van der Waals surface area (Å²) in [5, 5.41) is 6.65. The van der Waals surface area contributed by atoms with Gasteiger partial charge < -0.3 is 20.3 Å². The summed E-state index contributed by atoms with van der Waals surface area (Å²) in [6.45, 7) is 6.39. The van der Waals surface area contributed by atoms with Crippen molar-refractivity contribution in [3.8, 4) is 0 Å². The minimum atomic E-state index is -0.180. The minimum Gasteiger partial charge on any atom is -0.378 e. The molecule has 2 aromatic carbocycles. The highest BCUT2D eigenvalue weighted by molar-refractivity contribution is 14.0. The molecule has 3 rings (SSSR count). The van der Waals surface area contributed by atoms with Crippen molar-refractivity contribution < 1.29 is 9.13 Å². The Kier molecular flexibility index (Phi) is 8.98. The van der Waals surface area contributed by atoms with Gasteiger partial charge in [-0.2, -0.15) is 0 Å². The van der Waals surface area contributed by atoms with Crippen molar-refractivity contribution in [1.82, 2.24) is 10.6 Å². The maximum Gasteiger partial charge on any atom is 0.191 e. The largest absolute Gasteiger partial charge is 0.378 e. The lowest BCUT2D eigenvalue weighted by Crippen LogP contribution is -2.39. The van der Waals surface area contributed by atoms with Crippen molar-refractivity contribution in [1.29, 1.82) is 0 Å². The standard InChI is InChI=1S/C21H27FN4O.HI/c1-16-13-17(7-8-19(16)22)14-24-21(23-2)25-15-18-5-3-4-6-20(18)26-9-11-27-12-10-26;/h3-8,13H,9-12,14-15H2,1-2H3,(H2,23,24,25);1H. The number of hydrogen-bond acceptors (Lipinski definition) is 3. The fourth-order valence-corrected chi connectivity index (χ4v) is 3.18. The maximum atomic E-state index is 13.4. The quantitative estimate of drug-likeness (QED) is 0.377. The third kappa shape index (κ3) is 6.07. The van der Waals surface area contributed by atoms with Crippen LogP contribution in [0.25, 0.3) is 0 Å². The summed E-state index contributed by atoms with van der Waals surface area (Å²) in [6.07, 6.45) is 0. The van der Waals surface area contributed by atoms with Gasteiger partial charge in [0.15, 0.2) is 5.96 Å². The summed E-state index contributed by atoms with van der Waals surface area (Å²) in [6, 6.07) is 13.5. The number of benzene rings is 2. The Morgan fingerprint density at radius 1 is 1.11 bits per heavy atom. The van der Waals surface area contributed by atoms with Gasteiger partial charge >= 0.3 is 0 Å². The number of nitrogens with one attached hydrogen (secondary N) is 2. The maximum absolute atomic E-state index is 13.4. The molecule has 1 saturated heterocycles. The Morgan fingerprint density at radius 3 is 2.54 bits per heavy atom. The second-order valence-electron chi connectivity index (χ2n) is 6.59. The number of nitrogens with zero attached hydrogens (tertiary/aromatic N) is 2. The molecule has 1 aliphatic heterocycles. The van der Waals surface area contributed by atoms with E-state index >= 15 is 0 Å². The number of anilines is 1. The van der Waals surface area contributed by atoms with Crippen molar-refractivity contribution in [3.63, 3.8) is 0 Å². The van der Waals surface area contributed by atoms with E-state index in [1.165, 1.54) is 17.3 Å². The molecule has 1 fully saturated rings. The van der Waals surface area contributed by atoms with Crippen LogP contribution in [-0.2, 0) is 17.8 Å². The number of para-hydroxylation sites is 1. The van der Waals surface area contributed by atoms with Gasteiger partial charge in [0.05, 0.1) is 13.2 Å². The number of halogens is 2. The molecule has 0 aliphatic carbocycles. The fourth-order valence-electron chi connectivity index (χ4n) is 3.18. The zero-order valence-electron chi connectivity index (χ0n) is 16.4. The molecule has 1 aliphatic rings. The van der Waals surface area contributed by atoms with Crippen LogP contribution in [0.5, 0.6) is 0 Å². The van der Waals surface area contributed by atoms with E-state index in [0.717, 1.165) is 31.9 Å². The second kappa shape index (κ2) is 11.2. The minimum absolute atomic E-state index is 0. The molecule has 0 radical (unpaired) electrons. The zero-order valence-corrected chi connectivity index (χ0v) is 18.7. The highest BCUT2D eigenvalue weighted by atomic mass is 127. The van der Waals surface area contributed by atoms with E-state index in [1.54, 1.807) is 20.0 Å². The van der Waals surface area contributed by atoms with Crippen molar-refractivity contribution in [2.24, 2.45) is 4.99 Å². The molecular weight excluding hydrogens is 470 g/mol. The van der Waals surface area contributed by atoms with Crippen molar-refractivity contribution >= 4 is 35.6 Å². The summed E-state index contributed by atoms with van der Waals surface area (Å²) < 4.78 is 18.9. The monoisotopic (exact) mass is 498 g/mol. The van der Waals surface area contributed by atoms with Crippen LogP contribution < -0.4 is 15.5 Å². The van der Waals surface area contributed by atoms with Crippen LogP contribution in [0, 0.1) is 12.7 Å². The van der Waals surface area contributed by atoms with Crippen molar-refractivity contribution in [2.75, 3.05) is 38.3 Å². The van der Waals surface area contributed by atoms with Crippen LogP contribution in [0.2, 0.25) is 0 Å². The molecule has 0 atom stereocenters. The molecule has 0 amide bonds. The third-order valence-electron chi connectivity index (χ3n) is 4.70. The Hall–Kier alpha value is -1.87. The van der Waals surface area contributed by atoms with Gasteiger partial charge in [0.25, 0.3) is 0 Å². The molecule has 2 aromatic rings. The van der Waals surface area contributed by atoms with Crippen LogP contribution in [0.4, 0.5) is 10.1 Å². The van der Waals surface area contributed by atoms with Gasteiger partial charge in [-0.1, -0.05) is 30.3 Å². The molecule has 1 heterocycles. The van der Waals surface area contributed by atoms with Crippen LogP contribution in [0.15, 0.2) is 47.5 Å². The molecule has 0 spiro atoms. The first-order chi connectivity index (χ1) is 13.2. The number of hydrogen-bond donors (Lipinski definition) is 2. The first kappa shape index (κ1) is 22.4. The number of rotatable bonds is 5. The molecule has 0 saturated carbocycles. The van der Waals surface area contributed by atoms with E-state index in [2.05, 4.69) is 44.8 Å². The van der Waals surface area contributed by atoms with Gasteiger partial charge in [-0.3, -0.25) is 4.99 Å². The van der Waals surface area contributed by atoms with E-state index in [1.807, 2.05) is 6.07 Å². The van der Waals surface area contributed by atoms with Gasteiger partial charge in [-0.15, -0.1) is 24.0 Å². The Labute approximate surface area is 183 Å². The lowest BCUT2D eigenvalue weighted by molar-refractivity contribution is 0.122. The SMILES string of the molecule is CN=C(NCc1ccc(F)c(C)c1)NCc1ccccc1N1CCOCC1.I. The van der Waals surface area contributed by atoms with E-state index in [0.29, 0.717) is 24.6 Å². The van der Waals surface area contributed by atoms with Crippen LogP contribution in [0.1, 0.15) is 16.7 Å². The van der Waals surface area contributed by atoms with Gasteiger partial charge in [0.2, 0.25) is 0 Å². The van der Waals surface area contributed by atoms with Gasteiger partial charge in [0, 0.05) is 38.9 Å². The van der Waals surface area contributed by atoms with Crippen LogP contribution in [0.3, 0.4) is 0 Å². The first-order valence-corrected chi connectivity index (χ1v) is 9.27. The summed E-state index contributed by atoms with van der Waals surface area (Å²) >= 11 is 0. The molecule has 0 aromatic heterocycles. The first-order valence-electron chi connectivity index (χ1n) is 9.27. The summed E-state index contributed by atoms with van der Waals surface area (Å²) in [7, 11) is 1.75. The molecule has 152 valence electrons. The zero-order chi connectivity index (χ0) is 19.1. The average molecular weight is 498 g/mol. The number of aryl methyl sites for hydroxylation is 1. The summed E-state index contributed by atoms with van der Waals surface area (Å²) in [5.41, 5.74) is 4.13. The molecule has 0 unspecified atom stereocenters. The smallest absolute Gasteiger partial charge is 0.191 e. The van der Waals surface area contributed by atoms with Crippen LogP contribution >= 0.6 is 24.0 Å². The Morgan fingerprint density at radius 2 is 1.82 bits per heavy atom. The highest BCUT2D eigenvalue weighted by Gasteiger charge is 2.14. The number of aliphatic imine (C=N–C) groups is 1. The van der Waals surface area contributed by atoms with E-state index < -0.39 is 0 Å². The molecule has 5 nitrogen and oxygen atoms in total. The van der Waals surface area contributed by atoms with Crippen molar-refractivity contribution in [3.05, 3.63) is 65.0 Å². The summed E-state index contributed by atoms with van der Waals surface area (Å²) in [5.74, 6) is 0.537. The topological polar surface area (TPSA) is 48.9 Å². The number of guanidine groups is 1. The predicted molar refractivity (Wildman–Crippen MR) is 123 cm³/mol.